The van der Waals surface area contributed by atoms with Gasteiger partial charge < -0.3 is 18.0 Å². The van der Waals surface area contributed by atoms with E-state index in [4.69, 9.17) is 38.7 Å². The molecule has 624 valence electrons. The van der Waals surface area contributed by atoms with Crippen LogP contribution in [0.3, 0.4) is 0 Å². The van der Waals surface area contributed by atoms with Crippen molar-refractivity contribution in [3.63, 3.8) is 0 Å². The van der Waals surface area contributed by atoms with Crippen molar-refractivity contribution in [2.24, 2.45) is 0 Å². The minimum Gasteiger partial charge on any atom is -0.455 e. The van der Waals surface area contributed by atoms with Crippen molar-refractivity contribution < 1.29 is 8.83 Å². The fraction of sp³-hybridized carbons (Fsp3) is 0.0164. The highest BCUT2D eigenvalue weighted by Crippen LogP contribution is 2.46. The van der Waals surface area contributed by atoms with Crippen LogP contribution in [0.1, 0.15) is 14.9 Å². The number of fused-ring (bicyclic) bond motifs is 12. The Morgan fingerprint density at radius 3 is 0.742 bits per heavy atom. The molecular formula is C122H84N8O2. The number of aromatic nitrogens is 8. The van der Waals surface area contributed by atoms with Crippen molar-refractivity contribution in [1.29, 1.82) is 0 Å². The summed E-state index contributed by atoms with van der Waals surface area (Å²) >= 11 is 0. The molecule has 0 aliphatic heterocycles. The fourth-order valence-corrected chi connectivity index (χ4v) is 18.6. The Morgan fingerprint density at radius 1 is 0.152 bits per heavy atom. The number of para-hydroxylation sites is 6. The molecule has 132 heavy (non-hydrogen) atoms. The molecular weight excluding hydrogens is 1610 g/mol. The predicted octanol–water partition coefficient (Wildman–Crippen LogP) is 32.7. The molecule has 0 amide bonds. The molecule has 6 aromatic heterocycles. The molecule has 0 aliphatic rings. The third kappa shape index (κ3) is 14.7. The third-order valence-electron chi connectivity index (χ3n) is 25.0. The lowest BCUT2D eigenvalue weighted by Gasteiger charge is -2.16. The number of furan rings is 2. The van der Waals surface area contributed by atoms with Gasteiger partial charge in [-0.25, -0.2) is 29.9 Å². The molecule has 0 atom stereocenters. The molecule has 19 aromatic carbocycles. The lowest BCUT2D eigenvalue weighted by atomic mass is 9.99. The van der Waals surface area contributed by atoms with Crippen LogP contribution in [0.5, 0.6) is 0 Å². The van der Waals surface area contributed by atoms with Gasteiger partial charge in [-0.1, -0.05) is 403 Å². The molecule has 0 bridgehead atoms. The van der Waals surface area contributed by atoms with Crippen molar-refractivity contribution in [1.82, 2.24) is 39.0 Å². The molecule has 0 radical (unpaired) electrons. The normalized spacial score (nSPS) is 11.4. The van der Waals surface area contributed by atoms with Crippen LogP contribution >= 0.6 is 0 Å². The molecule has 0 fully saturated rings. The zero-order chi connectivity index (χ0) is 86.0. The quantitative estimate of drug-likeness (QED) is 0.0997. The van der Waals surface area contributed by atoms with E-state index in [0.29, 0.717) is 34.9 Å². The molecule has 6 heterocycles. The smallest absolute Gasteiger partial charge is 0.164 e. The van der Waals surface area contributed by atoms with Gasteiger partial charge in [0.1, 0.15) is 22.3 Å². The summed E-state index contributed by atoms with van der Waals surface area (Å²) in [5, 5.41) is 9.18. The van der Waals surface area contributed by atoms with Crippen LogP contribution in [0, 0.1) is 0 Å². The number of hydrogen-bond donors (Lipinski definition) is 0. The topological polar surface area (TPSA) is 113 Å². The van der Waals surface area contributed by atoms with Gasteiger partial charge in [-0.05, 0) is 128 Å². The van der Waals surface area contributed by atoms with E-state index in [0.717, 1.165) is 189 Å². The minimum atomic E-state index is 0. The van der Waals surface area contributed by atoms with E-state index in [9.17, 15) is 0 Å². The van der Waals surface area contributed by atoms with Crippen molar-refractivity contribution >= 4 is 87.5 Å². The Balaban J connectivity index is 0.000000153. The predicted molar refractivity (Wildman–Crippen MR) is 547 cm³/mol. The van der Waals surface area contributed by atoms with Gasteiger partial charge in [-0.15, -0.1) is 0 Å². The molecule has 0 aliphatic carbocycles. The highest BCUT2D eigenvalue weighted by atomic mass is 16.3. The van der Waals surface area contributed by atoms with E-state index < -0.39 is 0 Å². The number of benzene rings is 19. The van der Waals surface area contributed by atoms with Crippen LogP contribution in [0.15, 0.2) is 470 Å². The summed E-state index contributed by atoms with van der Waals surface area (Å²) in [5.74, 6) is 3.66. The second-order valence-corrected chi connectivity index (χ2v) is 32.7. The third-order valence-corrected chi connectivity index (χ3v) is 25.0. The van der Waals surface area contributed by atoms with Gasteiger partial charge in [0.15, 0.2) is 34.9 Å². The SMILES string of the molecule is C.C.c1ccc(-c2ccc(-c3nc(-c4ccc(-c5ccccc5)cc4)nc(-c4ccc(-n5c6ccccc6c6ccc(-c7cccc8c7oc7ccccc78)cc65)c(-c5ccccc5)c4)n3)cc2)cc1.c1ccc(-c2ccc(-c3nc(-c4ccccc4)nc(-c4ccc(-n5c6ccccc6c6ccc(-c7cccc8c7oc7ccccc78)cc65)c(-c5ccccc5)c4)n3)cc2)cc1. The number of hydrogen-bond acceptors (Lipinski definition) is 8. The largest absolute Gasteiger partial charge is 0.455 e. The maximum absolute atomic E-state index is 6.55. The molecule has 10 nitrogen and oxygen atoms in total. The van der Waals surface area contributed by atoms with Crippen molar-refractivity contribution in [2.75, 3.05) is 0 Å². The Bertz CT molecular complexity index is 8510. The standard InChI is InChI=1S/C63H40N4O.C57H36N4O.2CH4/c1-4-15-41(16-5-1)43-27-31-46(32-28-43)61-64-62(47-33-29-44(30-34-47)42-17-6-2-7-18-42)66-63(65-61)49-36-38-57(55(39-49)45-19-8-3-9-20-45)67-56-25-12-10-21-51(56)52-37-35-48(40-58(52)67)50-23-14-24-54-53-22-11-13-26-59(53)68-60(50)54;1-4-15-37(16-5-1)38-27-29-41(30-28-38)56-58-55(40-19-8-3-9-20-40)59-57(60-56)43-32-34-51(49(35-43)39-17-6-2-7-18-39)61-50-25-12-10-21-45(50)46-33-31-42(36-52(46)61)44-23-14-24-48-47-22-11-13-26-53(47)62-54(44)48;;/h1-40H;1-36H;2*1H4. The summed E-state index contributed by atoms with van der Waals surface area (Å²) in [7, 11) is 0. The number of nitrogens with zero attached hydrogens (tertiary/aromatic N) is 8. The molecule has 0 saturated carbocycles. The van der Waals surface area contributed by atoms with Crippen molar-refractivity contribution in [3.8, 4) is 158 Å². The first-order chi connectivity index (χ1) is 64.4. The second-order valence-electron chi connectivity index (χ2n) is 32.7. The van der Waals surface area contributed by atoms with E-state index >= 15 is 0 Å². The Kier molecular flexibility index (Phi) is 20.8. The van der Waals surface area contributed by atoms with E-state index in [1.165, 1.54) is 21.5 Å². The minimum absolute atomic E-state index is 0. The lowest BCUT2D eigenvalue weighted by Crippen LogP contribution is -2.02. The average molecular weight is 1690 g/mol. The van der Waals surface area contributed by atoms with Gasteiger partial charge in [0.2, 0.25) is 0 Å². The molecule has 0 spiro atoms. The molecule has 25 aromatic rings. The van der Waals surface area contributed by atoms with Gasteiger partial charge in [0, 0.05) is 98.7 Å². The van der Waals surface area contributed by atoms with Crippen LogP contribution in [0.25, 0.3) is 245 Å². The fourth-order valence-electron chi connectivity index (χ4n) is 18.6. The van der Waals surface area contributed by atoms with Gasteiger partial charge in [-0.3, -0.25) is 0 Å². The summed E-state index contributed by atoms with van der Waals surface area (Å²) in [4.78, 5) is 31.0. The van der Waals surface area contributed by atoms with Crippen molar-refractivity contribution in [2.45, 2.75) is 14.9 Å². The lowest BCUT2D eigenvalue weighted by molar-refractivity contribution is 0.669. The Labute approximate surface area is 763 Å². The van der Waals surface area contributed by atoms with E-state index in [1.54, 1.807) is 0 Å². The van der Waals surface area contributed by atoms with Gasteiger partial charge >= 0.3 is 0 Å². The Morgan fingerprint density at radius 2 is 0.394 bits per heavy atom. The zero-order valence-electron chi connectivity index (χ0n) is 70.3. The van der Waals surface area contributed by atoms with E-state index in [-0.39, 0.29) is 14.9 Å². The monoisotopic (exact) mass is 1690 g/mol. The van der Waals surface area contributed by atoms with Crippen LogP contribution in [0.4, 0.5) is 0 Å². The molecule has 0 saturated heterocycles. The van der Waals surface area contributed by atoms with Crippen LogP contribution in [-0.4, -0.2) is 39.0 Å². The highest BCUT2D eigenvalue weighted by Gasteiger charge is 2.25. The molecule has 25 rings (SSSR count). The first-order valence-corrected chi connectivity index (χ1v) is 43.8. The average Bonchev–Trinajstić information content (AvgIpc) is 1.58. The van der Waals surface area contributed by atoms with E-state index in [2.05, 4.69) is 397 Å². The van der Waals surface area contributed by atoms with Crippen molar-refractivity contribution in [3.05, 3.63) is 461 Å². The zero-order valence-corrected chi connectivity index (χ0v) is 70.3. The van der Waals surface area contributed by atoms with Gasteiger partial charge in [-0.2, -0.15) is 0 Å². The summed E-state index contributed by atoms with van der Waals surface area (Å²) in [5.41, 5.74) is 31.0. The van der Waals surface area contributed by atoms with Crippen LogP contribution in [0.2, 0.25) is 0 Å². The first-order valence-electron chi connectivity index (χ1n) is 43.8. The summed E-state index contributed by atoms with van der Waals surface area (Å²) in [6.45, 7) is 0. The second kappa shape index (κ2) is 34.3. The summed E-state index contributed by atoms with van der Waals surface area (Å²) < 4.78 is 17.9. The number of rotatable bonds is 15. The molecule has 0 N–H and O–H groups in total. The van der Waals surface area contributed by atoms with Crippen LogP contribution < -0.4 is 0 Å². The summed E-state index contributed by atoms with van der Waals surface area (Å²) in [6.07, 6.45) is 0. The Hall–Kier alpha value is -17.6. The summed E-state index contributed by atoms with van der Waals surface area (Å²) in [6, 6.07) is 162. The molecule has 10 heteroatoms. The highest BCUT2D eigenvalue weighted by molar-refractivity contribution is 6.16. The van der Waals surface area contributed by atoms with Crippen LogP contribution in [-0.2, 0) is 0 Å². The van der Waals surface area contributed by atoms with Gasteiger partial charge in [0.25, 0.3) is 0 Å². The maximum atomic E-state index is 6.55. The first kappa shape index (κ1) is 80.2. The molecule has 0 unspecified atom stereocenters. The maximum Gasteiger partial charge on any atom is 0.164 e. The van der Waals surface area contributed by atoms with Gasteiger partial charge in [0.05, 0.1) is 33.4 Å². The van der Waals surface area contributed by atoms with E-state index in [1.807, 2.05) is 72.8 Å².